The Balaban J connectivity index is 2.12. The molecule has 0 amide bonds. The number of ether oxygens (including phenoxy) is 1. The zero-order valence-corrected chi connectivity index (χ0v) is 9.16. The first-order valence-corrected chi connectivity index (χ1v) is 5.42. The Morgan fingerprint density at radius 2 is 1.81 bits per heavy atom. The lowest BCUT2D eigenvalue weighted by atomic mass is 10.1. The van der Waals surface area contributed by atoms with Gasteiger partial charge < -0.3 is 10.1 Å². The summed E-state index contributed by atoms with van der Waals surface area (Å²) < 4.78 is 5.84. The fraction of sp³-hybridized carbons (Fsp3) is 0.143. The Labute approximate surface area is 94.9 Å². The standard InChI is InChI=1S/C14H13NO/c1-10-5-4-8-13-14(10)16-9-11-6-2-3-7-12(11)15-13/h2-8,15H,9H2,1H3. The number of benzene rings is 2. The Kier molecular flexibility index (Phi) is 2.07. The minimum absolute atomic E-state index is 0.626. The van der Waals surface area contributed by atoms with Gasteiger partial charge >= 0.3 is 0 Å². The summed E-state index contributed by atoms with van der Waals surface area (Å²) in [7, 11) is 0. The molecule has 0 bridgehead atoms. The van der Waals surface area contributed by atoms with Crippen molar-refractivity contribution in [3.63, 3.8) is 0 Å². The van der Waals surface area contributed by atoms with Gasteiger partial charge in [0.25, 0.3) is 0 Å². The number of hydrogen-bond donors (Lipinski definition) is 1. The number of fused-ring (bicyclic) bond motifs is 2. The smallest absolute Gasteiger partial charge is 0.146 e. The molecule has 0 saturated carbocycles. The molecule has 0 saturated heterocycles. The molecule has 2 aromatic carbocycles. The van der Waals surface area contributed by atoms with Crippen LogP contribution in [0.2, 0.25) is 0 Å². The summed E-state index contributed by atoms with van der Waals surface area (Å²) in [4.78, 5) is 0. The first-order chi connectivity index (χ1) is 7.84. The molecule has 1 N–H and O–H groups in total. The highest BCUT2D eigenvalue weighted by molar-refractivity contribution is 5.71. The number of anilines is 2. The van der Waals surface area contributed by atoms with Crippen LogP contribution in [-0.4, -0.2) is 0 Å². The lowest BCUT2D eigenvalue weighted by molar-refractivity contribution is 0.308. The molecule has 0 fully saturated rings. The quantitative estimate of drug-likeness (QED) is 0.718. The predicted octanol–water partition coefficient (Wildman–Crippen LogP) is 3.63. The van der Waals surface area contributed by atoms with Crippen molar-refractivity contribution in [2.75, 3.05) is 5.32 Å². The Morgan fingerprint density at radius 3 is 2.75 bits per heavy atom. The fourth-order valence-electron chi connectivity index (χ4n) is 2.01. The van der Waals surface area contributed by atoms with Gasteiger partial charge in [-0.25, -0.2) is 0 Å². The molecule has 0 atom stereocenters. The van der Waals surface area contributed by atoms with Gasteiger partial charge in [0.1, 0.15) is 12.4 Å². The lowest BCUT2D eigenvalue weighted by Gasteiger charge is -2.09. The van der Waals surface area contributed by atoms with Gasteiger partial charge in [-0.2, -0.15) is 0 Å². The molecule has 0 spiro atoms. The van der Waals surface area contributed by atoms with Crippen LogP contribution in [0, 0.1) is 6.92 Å². The molecule has 2 nitrogen and oxygen atoms in total. The molecule has 0 radical (unpaired) electrons. The van der Waals surface area contributed by atoms with Gasteiger partial charge in [0.2, 0.25) is 0 Å². The van der Waals surface area contributed by atoms with Crippen molar-refractivity contribution in [3.05, 3.63) is 53.6 Å². The summed E-state index contributed by atoms with van der Waals surface area (Å²) in [5.74, 6) is 0.957. The van der Waals surface area contributed by atoms with Crippen molar-refractivity contribution in [1.82, 2.24) is 0 Å². The van der Waals surface area contributed by atoms with Crippen molar-refractivity contribution in [1.29, 1.82) is 0 Å². The van der Waals surface area contributed by atoms with E-state index >= 15 is 0 Å². The summed E-state index contributed by atoms with van der Waals surface area (Å²) in [6.45, 7) is 2.69. The van der Waals surface area contributed by atoms with Crippen molar-refractivity contribution >= 4 is 11.4 Å². The van der Waals surface area contributed by atoms with Crippen LogP contribution in [0.4, 0.5) is 11.4 Å². The van der Waals surface area contributed by atoms with Gasteiger partial charge in [-0.15, -0.1) is 0 Å². The van der Waals surface area contributed by atoms with Crippen LogP contribution < -0.4 is 10.1 Å². The Hall–Kier alpha value is -1.96. The molecule has 2 aromatic rings. The second kappa shape index (κ2) is 3.56. The molecule has 2 heteroatoms. The average molecular weight is 211 g/mol. The lowest BCUT2D eigenvalue weighted by Crippen LogP contribution is -1.94. The number of rotatable bonds is 0. The third kappa shape index (κ3) is 1.43. The highest BCUT2D eigenvalue weighted by Gasteiger charge is 2.13. The highest BCUT2D eigenvalue weighted by Crippen LogP contribution is 2.35. The highest BCUT2D eigenvalue weighted by atomic mass is 16.5. The Bertz CT molecular complexity index is 534. The van der Waals surface area contributed by atoms with Crippen molar-refractivity contribution in [2.24, 2.45) is 0 Å². The summed E-state index contributed by atoms with van der Waals surface area (Å²) in [5.41, 5.74) is 4.53. The van der Waals surface area contributed by atoms with Gasteiger partial charge in [0.05, 0.1) is 5.69 Å². The maximum atomic E-state index is 5.84. The number of para-hydroxylation sites is 2. The van der Waals surface area contributed by atoms with Crippen LogP contribution in [0.5, 0.6) is 5.75 Å². The normalized spacial score (nSPS) is 12.8. The third-order valence-corrected chi connectivity index (χ3v) is 2.87. The fourth-order valence-corrected chi connectivity index (χ4v) is 2.01. The van der Waals surface area contributed by atoms with Crippen molar-refractivity contribution in [2.45, 2.75) is 13.5 Å². The molecule has 1 heterocycles. The van der Waals surface area contributed by atoms with Gasteiger partial charge in [0, 0.05) is 11.3 Å². The SMILES string of the molecule is Cc1cccc2c1OCc1ccccc1N2. The molecule has 1 aliphatic heterocycles. The predicted molar refractivity (Wildman–Crippen MR) is 65.2 cm³/mol. The van der Waals surface area contributed by atoms with E-state index in [9.17, 15) is 0 Å². The van der Waals surface area contributed by atoms with Crippen molar-refractivity contribution < 1.29 is 4.74 Å². The monoisotopic (exact) mass is 211 g/mol. The van der Waals surface area contributed by atoms with Crippen molar-refractivity contribution in [3.8, 4) is 5.75 Å². The van der Waals surface area contributed by atoms with E-state index in [0.717, 1.165) is 22.7 Å². The molecule has 1 aliphatic rings. The number of nitrogens with one attached hydrogen (secondary N) is 1. The molecular weight excluding hydrogens is 198 g/mol. The zero-order valence-electron chi connectivity index (χ0n) is 9.16. The number of hydrogen-bond acceptors (Lipinski definition) is 2. The third-order valence-electron chi connectivity index (χ3n) is 2.87. The summed E-state index contributed by atoms with van der Waals surface area (Å²) in [6, 6.07) is 14.4. The van der Waals surface area contributed by atoms with Crippen LogP contribution in [-0.2, 0) is 6.61 Å². The van der Waals surface area contributed by atoms with E-state index in [1.165, 1.54) is 5.56 Å². The van der Waals surface area contributed by atoms with Crippen LogP contribution >= 0.6 is 0 Å². The first-order valence-electron chi connectivity index (χ1n) is 5.42. The molecule has 16 heavy (non-hydrogen) atoms. The van der Waals surface area contributed by atoms with E-state index in [1.807, 2.05) is 24.3 Å². The first kappa shape index (κ1) is 9.28. The summed E-state index contributed by atoms with van der Waals surface area (Å²) >= 11 is 0. The van der Waals surface area contributed by atoms with E-state index < -0.39 is 0 Å². The van der Waals surface area contributed by atoms with E-state index in [-0.39, 0.29) is 0 Å². The van der Waals surface area contributed by atoms with E-state index in [4.69, 9.17) is 4.74 Å². The molecular formula is C14H13NO. The summed E-state index contributed by atoms with van der Waals surface area (Å²) in [6.07, 6.45) is 0. The maximum Gasteiger partial charge on any atom is 0.146 e. The van der Waals surface area contributed by atoms with Gasteiger partial charge in [-0.05, 0) is 24.6 Å². The molecule has 80 valence electrons. The van der Waals surface area contributed by atoms with Crippen LogP contribution in [0.25, 0.3) is 0 Å². The van der Waals surface area contributed by atoms with Gasteiger partial charge in [-0.3, -0.25) is 0 Å². The largest absolute Gasteiger partial charge is 0.486 e. The van der Waals surface area contributed by atoms with E-state index in [0.29, 0.717) is 6.61 Å². The van der Waals surface area contributed by atoms with E-state index in [2.05, 4.69) is 30.4 Å². The van der Waals surface area contributed by atoms with Crippen LogP contribution in [0.15, 0.2) is 42.5 Å². The minimum atomic E-state index is 0.626. The zero-order chi connectivity index (χ0) is 11.0. The molecule has 3 rings (SSSR count). The maximum absolute atomic E-state index is 5.84. The minimum Gasteiger partial charge on any atom is -0.486 e. The average Bonchev–Trinajstić information content (AvgIpc) is 2.48. The second-order valence-corrected chi connectivity index (χ2v) is 4.02. The van der Waals surface area contributed by atoms with Gasteiger partial charge in [0.15, 0.2) is 0 Å². The van der Waals surface area contributed by atoms with E-state index in [1.54, 1.807) is 0 Å². The summed E-state index contributed by atoms with van der Waals surface area (Å²) in [5, 5.41) is 3.42. The number of aryl methyl sites for hydroxylation is 1. The molecule has 0 aromatic heterocycles. The molecule has 0 aliphatic carbocycles. The van der Waals surface area contributed by atoms with Crippen LogP contribution in [0.1, 0.15) is 11.1 Å². The molecule has 0 unspecified atom stereocenters. The van der Waals surface area contributed by atoms with Gasteiger partial charge in [-0.1, -0.05) is 30.3 Å². The topological polar surface area (TPSA) is 21.3 Å². The Morgan fingerprint density at radius 1 is 1.00 bits per heavy atom. The second-order valence-electron chi connectivity index (χ2n) is 4.02. The van der Waals surface area contributed by atoms with Crippen LogP contribution in [0.3, 0.4) is 0 Å².